The van der Waals surface area contributed by atoms with Gasteiger partial charge >= 0.3 is 0 Å². The molecule has 0 radical (unpaired) electrons. The van der Waals surface area contributed by atoms with Crippen LogP contribution < -0.4 is 19.5 Å². The summed E-state index contributed by atoms with van der Waals surface area (Å²) in [6, 6.07) is 12.2. The lowest BCUT2D eigenvalue weighted by molar-refractivity contribution is -0.138. The Hall–Kier alpha value is -3.56. The minimum absolute atomic E-state index is 0.0451. The van der Waals surface area contributed by atoms with Crippen molar-refractivity contribution in [2.45, 2.75) is 43.4 Å². The van der Waals surface area contributed by atoms with Crippen molar-refractivity contribution in [1.29, 1.82) is 0 Å². The first-order valence-electron chi connectivity index (χ1n) is 13.0. The predicted molar refractivity (Wildman–Crippen MR) is 139 cm³/mol. The van der Waals surface area contributed by atoms with E-state index in [2.05, 4.69) is 5.32 Å². The van der Waals surface area contributed by atoms with Crippen LogP contribution in [0.2, 0.25) is 0 Å². The fraction of sp³-hybridized carbons (Fsp3) is 0.448. The van der Waals surface area contributed by atoms with E-state index in [4.69, 9.17) is 14.2 Å². The van der Waals surface area contributed by atoms with Gasteiger partial charge in [-0.3, -0.25) is 9.59 Å². The third-order valence-corrected chi connectivity index (χ3v) is 7.56. The second-order valence-electron chi connectivity index (χ2n) is 9.91. The van der Waals surface area contributed by atoms with Crippen molar-refractivity contribution < 1.29 is 34.0 Å². The van der Waals surface area contributed by atoms with E-state index in [1.807, 2.05) is 42.5 Å². The van der Waals surface area contributed by atoms with E-state index in [1.165, 1.54) is 0 Å². The van der Waals surface area contributed by atoms with Crippen molar-refractivity contribution >= 4 is 11.8 Å². The van der Waals surface area contributed by atoms with Gasteiger partial charge in [0.25, 0.3) is 0 Å². The molecule has 1 fully saturated rings. The summed E-state index contributed by atoms with van der Waals surface area (Å²) in [5.41, 5.74) is 2.12. The fourth-order valence-electron chi connectivity index (χ4n) is 5.48. The summed E-state index contributed by atoms with van der Waals surface area (Å²) >= 11 is 0. The Morgan fingerprint density at radius 3 is 2.63 bits per heavy atom. The van der Waals surface area contributed by atoms with Gasteiger partial charge in [-0.25, -0.2) is 0 Å². The number of carbonyl (C=O) groups excluding carboxylic acids is 2. The number of fused-ring (bicyclic) bond motifs is 3. The normalized spacial score (nSPS) is 23.4. The molecule has 2 aliphatic carbocycles. The highest BCUT2D eigenvalue weighted by Crippen LogP contribution is 2.47. The molecule has 9 heteroatoms. The molecular formula is C29H34N2O7. The Kier molecular flexibility index (Phi) is 7.58. The number of ether oxygens (including phenoxy) is 3. The van der Waals surface area contributed by atoms with Gasteiger partial charge in [-0.15, -0.1) is 0 Å². The molecule has 0 unspecified atom stereocenters. The molecule has 202 valence electrons. The highest BCUT2D eigenvalue weighted by molar-refractivity contribution is 5.96. The molecule has 2 aromatic carbocycles. The molecule has 1 heterocycles. The highest BCUT2D eigenvalue weighted by atomic mass is 16.5. The van der Waals surface area contributed by atoms with Crippen LogP contribution in [0.3, 0.4) is 0 Å². The topological polar surface area (TPSA) is 118 Å². The Morgan fingerprint density at radius 2 is 1.92 bits per heavy atom. The average Bonchev–Trinajstić information content (AvgIpc) is 3.72. The number of benzene rings is 2. The minimum atomic E-state index is -1.04. The van der Waals surface area contributed by atoms with E-state index < -0.39 is 24.2 Å². The number of aliphatic hydroxyl groups excluding tert-OH is 2. The second kappa shape index (κ2) is 11.0. The van der Waals surface area contributed by atoms with E-state index in [-0.39, 0.29) is 30.9 Å². The number of aliphatic hydroxyl groups is 2. The molecule has 3 N–H and O–H groups in total. The average molecular weight is 523 g/mol. The molecule has 9 nitrogen and oxygen atoms in total. The number of methoxy groups -OCH3 is 2. The molecule has 4 atom stereocenters. The van der Waals surface area contributed by atoms with Gasteiger partial charge < -0.3 is 34.6 Å². The van der Waals surface area contributed by atoms with Crippen LogP contribution in [0.15, 0.2) is 54.1 Å². The first-order chi connectivity index (χ1) is 18.5. The van der Waals surface area contributed by atoms with Gasteiger partial charge in [0, 0.05) is 30.1 Å². The van der Waals surface area contributed by atoms with Crippen LogP contribution in [-0.2, 0) is 16.0 Å². The summed E-state index contributed by atoms with van der Waals surface area (Å²) in [5.74, 6) is 1.02. The Morgan fingerprint density at radius 1 is 1.13 bits per heavy atom. The van der Waals surface area contributed by atoms with Gasteiger partial charge in [0.2, 0.25) is 11.8 Å². The largest absolute Gasteiger partial charge is 0.497 e. The molecule has 1 saturated carbocycles. The summed E-state index contributed by atoms with van der Waals surface area (Å²) in [5, 5.41) is 23.6. The molecule has 1 aliphatic heterocycles. The summed E-state index contributed by atoms with van der Waals surface area (Å²) in [4.78, 5) is 28.5. The maximum Gasteiger partial charge on any atom is 0.247 e. The number of para-hydroxylation sites is 1. The van der Waals surface area contributed by atoms with Crippen molar-refractivity contribution in [3.05, 3.63) is 65.2 Å². The van der Waals surface area contributed by atoms with Crippen molar-refractivity contribution in [3.63, 3.8) is 0 Å². The van der Waals surface area contributed by atoms with Gasteiger partial charge in [-0.05, 0) is 55.2 Å². The first kappa shape index (κ1) is 26.1. The van der Waals surface area contributed by atoms with Crippen LogP contribution in [0.4, 0.5) is 0 Å². The van der Waals surface area contributed by atoms with Gasteiger partial charge in [0.05, 0.1) is 32.8 Å². The SMILES string of the molecule is COc1ccc(OC)c(CCN(C(=O)C2CC2)[C@@H]2C=C(C(=O)NCCO)[C@@H]3c4ccccc4O[C@@H]3[C@H]2O)c1. The lowest BCUT2D eigenvalue weighted by atomic mass is 9.77. The summed E-state index contributed by atoms with van der Waals surface area (Å²) in [6.07, 6.45) is 2.03. The van der Waals surface area contributed by atoms with Crippen molar-refractivity contribution in [1.82, 2.24) is 10.2 Å². The zero-order valence-corrected chi connectivity index (χ0v) is 21.6. The Balaban J connectivity index is 1.50. The van der Waals surface area contributed by atoms with Gasteiger partial charge in [0.15, 0.2) is 0 Å². The van der Waals surface area contributed by atoms with E-state index in [0.717, 1.165) is 24.0 Å². The molecule has 0 bridgehead atoms. The standard InChI is InChI=1S/C29H34N2O7/c1-36-19-9-10-23(37-2)18(15-19)11-13-31(29(35)17-7-8-17)22-16-21(28(34)30-12-14-32)25-20-5-3-4-6-24(20)38-27(25)26(22)33/h3-6,9-10,15-17,22,25-27,32-33H,7-8,11-14H2,1-2H3,(H,30,34)/t22-,25+,26+,27+/m1/s1. The maximum absolute atomic E-state index is 13.6. The predicted octanol–water partition coefficient (Wildman–Crippen LogP) is 1.81. The molecule has 2 amide bonds. The van der Waals surface area contributed by atoms with Gasteiger partial charge in [-0.1, -0.05) is 18.2 Å². The van der Waals surface area contributed by atoms with E-state index >= 15 is 0 Å². The molecule has 5 rings (SSSR count). The number of hydrogen-bond acceptors (Lipinski definition) is 7. The van der Waals surface area contributed by atoms with Crippen LogP contribution in [0.5, 0.6) is 17.2 Å². The first-order valence-corrected chi connectivity index (χ1v) is 13.0. The van der Waals surface area contributed by atoms with Gasteiger partial charge in [0.1, 0.15) is 29.5 Å². The number of hydrogen-bond donors (Lipinski definition) is 3. The quantitative estimate of drug-likeness (QED) is 0.436. The molecular weight excluding hydrogens is 488 g/mol. The maximum atomic E-state index is 13.6. The number of nitrogens with zero attached hydrogens (tertiary/aromatic N) is 1. The Labute approximate surface area is 222 Å². The number of amides is 2. The van der Waals surface area contributed by atoms with Crippen LogP contribution in [-0.4, -0.2) is 79.1 Å². The third-order valence-electron chi connectivity index (χ3n) is 7.56. The van der Waals surface area contributed by atoms with Crippen LogP contribution >= 0.6 is 0 Å². The Bertz CT molecular complexity index is 1230. The lowest BCUT2D eigenvalue weighted by Gasteiger charge is -2.41. The molecule has 0 spiro atoms. The molecule has 2 aromatic rings. The number of rotatable bonds is 10. The summed E-state index contributed by atoms with van der Waals surface area (Å²) < 4.78 is 17.1. The van der Waals surface area contributed by atoms with Crippen LogP contribution in [0, 0.1) is 5.92 Å². The molecule has 3 aliphatic rings. The number of nitrogens with one attached hydrogen (secondary N) is 1. The third kappa shape index (κ3) is 4.96. The molecule has 38 heavy (non-hydrogen) atoms. The zero-order valence-electron chi connectivity index (χ0n) is 21.6. The second-order valence-corrected chi connectivity index (χ2v) is 9.91. The fourth-order valence-corrected chi connectivity index (χ4v) is 5.48. The van der Waals surface area contributed by atoms with Crippen LogP contribution in [0.1, 0.15) is 29.9 Å². The van der Waals surface area contributed by atoms with Gasteiger partial charge in [-0.2, -0.15) is 0 Å². The molecule has 0 saturated heterocycles. The van der Waals surface area contributed by atoms with Crippen molar-refractivity contribution in [2.75, 3.05) is 33.9 Å². The van der Waals surface area contributed by atoms with Crippen LogP contribution in [0.25, 0.3) is 0 Å². The monoisotopic (exact) mass is 522 g/mol. The van der Waals surface area contributed by atoms with E-state index in [9.17, 15) is 19.8 Å². The molecule has 0 aromatic heterocycles. The highest BCUT2D eigenvalue weighted by Gasteiger charge is 2.51. The smallest absolute Gasteiger partial charge is 0.247 e. The number of carbonyl (C=O) groups is 2. The summed E-state index contributed by atoms with van der Waals surface area (Å²) in [7, 11) is 3.19. The lowest BCUT2D eigenvalue weighted by Crippen LogP contribution is -2.56. The van der Waals surface area contributed by atoms with Crippen molar-refractivity contribution in [3.8, 4) is 17.2 Å². The zero-order chi connectivity index (χ0) is 26.8. The van der Waals surface area contributed by atoms with E-state index in [0.29, 0.717) is 35.8 Å². The summed E-state index contributed by atoms with van der Waals surface area (Å²) in [6.45, 7) is 0.220. The minimum Gasteiger partial charge on any atom is -0.497 e. The van der Waals surface area contributed by atoms with E-state index in [1.54, 1.807) is 25.2 Å². The van der Waals surface area contributed by atoms with Crippen molar-refractivity contribution in [2.24, 2.45) is 5.92 Å².